The van der Waals surface area contributed by atoms with Crippen LogP contribution in [0.5, 0.6) is 0 Å². The van der Waals surface area contributed by atoms with Gasteiger partial charge in [0.25, 0.3) is 0 Å². The highest BCUT2D eigenvalue weighted by Crippen LogP contribution is 2.11. The number of hydrogen-bond acceptors (Lipinski definition) is 11. The molecule has 0 bridgehead atoms. The lowest BCUT2D eigenvalue weighted by Crippen LogP contribution is -2.47. The largest absolute Gasteiger partial charge is 0.444 e. The summed E-state index contributed by atoms with van der Waals surface area (Å²) in [5, 5.41) is 0. The minimum Gasteiger partial charge on any atom is -0.444 e. The van der Waals surface area contributed by atoms with Crippen molar-refractivity contribution in [2.24, 2.45) is 4.99 Å². The number of amides is 3. The Morgan fingerprint density at radius 2 is 0.865 bits per heavy atom. The Morgan fingerprint density at radius 1 is 0.519 bits per heavy atom. The van der Waals surface area contributed by atoms with E-state index in [0.29, 0.717) is 71.7 Å². The van der Waals surface area contributed by atoms with E-state index in [9.17, 15) is 14.4 Å². The van der Waals surface area contributed by atoms with Gasteiger partial charge in [0.2, 0.25) is 5.96 Å². The first-order valence-corrected chi connectivity index (χ1v) is 17.6. The maximum absolute atomic E-state index is 13.0. The third-order valence-electron chi connectivity index (χ3n) is 6.27. The molecule has 3 amide bonds. The summed E-state index contributed by atoms with van der Waals surface area (Å²) < 4.78 is 44.5. The summed E-state index contributed by atoms with van der Waals surface area (Å²) in [6, 6.07) is 0. The zero-order valence-electron chi connectivity index (χ0n) is 33.9. The number of guanidine groups is 1. The van der Waals surface area contributed by atoms with Gasteiger partial charge in [-0.2, -0.15) is 0 Å². The van der Waals surface area contributed by atoms with Gasteiger partial charge < -0.3 is 57.5 Å². The molecule has 0 aliphatic heterocycles. The zero-order chi connectivity index (χ0) is 39.8. The monoisotopic (exact) mass is 745 g/mol. The van der Waals surface area contributed by atoms with Crippen LogP contribution in [0.1, 0.15) is 62.3 Å². The van der Waals surface area contributed by atoms with E-state index >= 15 is 0 Å². The molecule has 0 radical (unpaired) electrons. The minimum atomic E-state index is -0.753. The molecule has 16 heteroatoms. The summed E-state index contributed by atoms with van der Waals surface area (Å²) in [5.41, 5.74) is -1.96. The Balaban J connectivity index is 5.57. The van der Waals surface area contributed by atoms with Crippen LogP contribution in [-0.4, -0.2) is 181 Å². The molecule has 0 saturated heterocycles. The van der Waals surface area contributed by atoms with E-state index in [1.165, 1.54) is 9.80 Å². The highest BCUT2D eigenvalue weighted by molar-refractivity contribution is 5.90. The summed E-state index contributed by atoms with van der Waals surface area (Å²) in [6.45, 7) is 21.0. The Hall–Kier alpha value is -3.36. The van der Waals surface area contributed by atoms with Gasteiger partial charge in [-0.05, 0) is 62.3 Å². The standard InChI is InChI=1S/C36H67N5O11/c1-14-20-45-26-28-49-29-27-48-21-15-38(11)30(37-31(42)50-34(2,3)4)41(18-24-46-22-16-39(12)32(43)51-35(5,6)7)19-25-47-23-17-40(13)33(44)52-36(8,9)10/h1H,15-29H2,2-13H3. The lowest BCUT2D eigenvalue weighted by molar-refractivity contribution is 0.0177. The third kappa shape index (κ3) is 27.3. The first kappa shape index (κ1) is 48.6. The molecule has 0 N–H and O–H groups in total. The van der Waals surface area contributed by atoms with Crippen molar-refractivity contribution in [1.29, 1.82) is 0 Å². The Labute approximate surface area is 312 Å². The molecule has 0 saturated carbocycles. The van der Waals surface area contributed by atoms with Crippen molar-refractivity contribution in [2.75, 3.05) is 120 Å². The van der Waals surface area contributed by atoms with Gasteiger partial charge in [0.1, 0.15) is 23.4 Å². The molecule has 302 valence electrons. The molecular formula is C36H67N5O11. The molecule has 0 atom stereocenters. The van der Waals surface area contributed by atoms with Crippen molar-refractivity contribution in [3.05, 3.63) is 0 Å². The van der Waals surface area contributed by atoms with Crippen LogP contribution in [0.4, 0.5) is 14.4 Å². The Morgan fingerprint density at radius 3 is 1.27 bits per heavy atom. The molecule has 0 heterocycles. The highest BCUT2D eigenvalue weighted by atomic mass is 16.6. The van der Waals surface area contributed by atoms with E-state index in [1.807, 2.05) is 46.4 Å². The summed E-state index contributed by atoms with van der Waals surface area (Å²) in [7, 11) is 5.09. The second kappa shape index (κ2) is 25.6. The lowest BCUT2D eigenvalue weighted by atomic mass is 10.2. The van der Waals surface area contributed by atoms with Crippen LogP contribution in [0.3, 0.4) is 0 Å². The fourth-order valence-electron chi connectivity index (χ4n) is 3.77. The number of carbonyl (C=O) groups is 3. The van der Waals surface area contributed by atoms with Crippen LogP contribution in [0, 0.1) is 12.3 Å². The number of rotatable bonds is 22. The molecule has 0 aliphatic rings. The number of nitrogens with zero attached hydrogens (tertiary/aromatic N) is 5. The highest BCUT2D eigenvalue weighted by Gasteiger charge is 2.23. The second-order valence-corrected chi connectivity index (χ2v) is 14.8. The molecule has 0 aliphatic carbocycles. The maximum atomic E-state index is 13.0. The number of hydrogen-bond donors (Lipinski definition) is 0. The van der Waals surface area contributed by atoms with Crippen LogP contribution in [-0.2, 0) is 37.9 Å². The summed E-state index contributed by atoms with van der Waals surface area (Å²) in [4.78, 5) is 48.5. The van der Waals surface area contributed by atoms with Crippen LogP contribution < -0.4 is 0 Å². The first-order valence-electron chi connectivity index (χ1n) is 17.6. The molecule has 0 aromatic carbocycles. The lowest BCUT2D eigenvalue weighted by Gasteiger charge is -2.32. The van der Waals surface area contributed by atoms with Gasteiger partial charge in [-0.1, -0.05) is 5.92 Å². The van der Waals surface area contributed by atoms with Gasteiger partial charge in [-0.15, -0.1) is 11.4 Å². The average Bonchev–Trinajstić information content (AvgIpc) is 3.00. The van der Waals surface area contributed by atoms with Crippen molar-refractivity contribution < 1.29 is 52.3 Å². The molecule has 0 fully saturated rings. The smallest absolute Gasteiger partial charge is 0.437 e. The van der Waals surface area contributed by atoms with Crippen molar-refractivity contribution in [3.8, 4) is 12.3 Å². The number of carbonyl (C=O) groups excluding carboxylic acids is 3. The van der Waals surface area contributed by atoms with E-state index in [4.69, 9.17) is 44.3 Å². The summed E-state index contributed by atoms with van der Waals surface area (Å²) in [6.07, 6.45) is 3.53. The van der Waals surface area contributed by atoms with Gasteiger partial charge in [0.15, 0.2) is 0 Å². The van der Waals surface area contributed by atoms with Crippen molar-refractivity contribution in [2.45, 2.75) is 79.1 Å². The van der Waals surface area contributed by atoms with E-state index in [2.05, 4.69) is 10.9 Å². The zero-order valence-corrected chi connectivity index (χ0v) is 33.9. The van der Waals surface area contributed by atoms with Crippen molar-refractivity contribution in [1.82, 2.24) is 19.6 Å². The first-order chi connectivity index (χ1) is 24.1. The molecule has 16 nitrogen and oxygen atoms in total. The summed E-state index contributed by atoms with van der Waals surface area (Å²) >= 11 is 0. The fraction of sp³-hybridized carbons (Fsp3) is 0.833. The normalized spacial score (nSPS) is 12.2. The topological polar surface area (TPSA) is 150 Å². The maximum Gasteiger partial charge on any atom is 0.437 e. The van der Waals surface area contributed by atoms with Gasteiger partial charge in [0.05, 0.1) is 59.5 Å². The van der Waals surface area contributed by atoms with Gasteiger partial charge in [0, 0.05) is 53.9 Å². The van der Waals surface area contributed by atoms with Crippen LogP contribution in [0.15, 0.2) is 4.99 Å². The number of ether oxygens (including phenoxy) is 8. The number of likely N-dealkylation sites (N-methyl/N-ethyl adjacent to an activating group) is 3. The fourth-order valence-corrected chi connectivity index (χ4v) is 3.77. The Bertz CT molecular complexity index is 1050. The van der Waals surface area contributed by atoms with E-state index in [-0.39, 0.29) is 33.0 Å². The van der Waals surface area contributed by atoms with Crippen molar-refractivity contribution in [3.63, 3.8) is 0 Å². The van der Waals surface area contributed by atoms with E-state index in [1.54, 1.807) is 46.8 Å². The van der Waals surface area contributed by atoms with Crippen molar-refractivity contribution >= 4 is 24.2 Å². The van der Waals surface area contributed by atoms with E-state index < -0.39 is 35.1 Å². The minimum absolute atomic E-state index is 0.242. The third-order valence-corrected chi connectivity index (χ3v) is 6.27. The summed E-state index contributed by atoms with van der Waals surface area (Å²) in [5.74, 6) is 2.74. The van der Waals surface area contributed by atoms with Crippen LogP contribution in [0.25, 0.3) is 0 Å². The van der Waals surface area contributed by atoms with Gasteiger partial charge in [-0.25, -0.2) is 14.4 Å². The number of aliphatic imine (C=N–C) groups is 1. The van der Waals surface area contributed by atoms with Crippen LogP contribution in [0.2, 0.25) is 0 Å². The molecule has 0 spiro atoms. The number of terminal acetylenes is 1. The van der Waals surface area contributed by atoms with Gasteiger partial charge >= 0.3 is 18.3 Å². The molecule has 0 aromatic heterocycles. The van der Waals surface area contributed by atoms with E-state index in [0.717, 1.165) is 0 Å². The second-order valence-electron chi connectivity index (χ2n) is 14.8. The SMILES string of the molecule is C#CCOCCOCCOCCN(C)C(=NC(=O)OC(C)(C)C)N(CCOCCN(C)C(=O)OC(C)(C)C)CCOCCN(C)C(=O)OC(C)(C)C. The Kier molecular flexibility index (Phi) is 23.9. The average molecular weight is 746 g/mol. The quantitative estimate of drug-likeness (QED) is 0.0518. The van der Waals surface area contributed by atoms with Gasteiger partial charge in [-0.3, -0.25) is 0 Å². The molecule has 0 aromatic rings. The van der Waals surface area contributed by atoms with Crippen LogP contribution >= 0.6 is 0 Å². The molecule has 52 heavy (non-hydrogen) atoms. The molecule has 0 rings (SSSR count). The predicted octanol–water partition coefficient (Wildman–Crippen LogP) is 3.96. The molecule has 0 unspecified atom stereocenters. The molecular weight excluding hydrogens is 678 g/mol. The predicted molar refractivity (Wildman–Crippen MR) is 199 cm³/mol.